The molecule has 3 rings (SSSR count). The number of nitrogens with zero attached hydrogens (tertiary/aromatic N) is 1. The fourth-order valence-electron chi connectivity index (χ4n) is 2.03. The highest BCUT2D eigenvalue weighted by Gasteiger charge is 2.08. The maximum absolute atomic E-state index is 5.72. The highest BCUT2D eigenvalue weighted by Crippen LogP contribution is 2.28. The van der Waals surface area contributed by atoms with Crippen molar-refractivity contribution in [2.24, 2.45) is 10.9 Å². The average molecular weight is 224 g/mol. The lowest BCUT2D eigenvalue weighted by atomic mass is 10.1. The van der Waals surface area contributed by atoms with Crippen LogP contribution in [-0.2, 0) is 0 Å². The van der Waals surface area contributed by atoms with Gasteiger partial charge < -0.3 is 10.3 Å². The van der Waals surface area contributed by atoms with E-state index in [9.17, 15) is 0 Å². The van der Waals surface area contributed by atoms with Gasteiger partial charge >= 0.3 is 0 Å². The van der Waals surface area contributed by atoms with Gasteiger partial charge in [0.15, 0.2) is 5.76 Å². The Bertz CT molecular complexity index is 725. The average Bonchev–Trinajstić information content (AvgIpc) is 2.82. The van der Waals surface area contributed by atoms with E-state index in [1.54, 1.807) is 0 Å². The van der Waals surface area contributed by atoms with Gasteiger partial charge in [0.2, 0.25) is 0 Å². The van der Waals surface area contributed by atoms with E-state index in [-0.39, 0.29) is 0 Å². The van der Waals surface area contributed by atoms with Crippen molar-refractivity contribution in [3.63, 3.8) is 0 Å². The molecule has 3 aromatic rings. The lowest BCUT2D eigenvalue weighted by Crippen LogP contribution is -1.95. The molecule has 2 aromatic carbocycles. The quantitative estimate of drug-likeness (QED) is 0.392. The number of rotatable bonds is 1. The molecule has 3 nitrogen and oxygen atoms in total. The van der Waals surface area contributed by atoms with Gasteiger partial charge in [0.05, 0.1) is 5.71 Å². The van der Waals surface area contributed by atoms with E-state index >= 15 is 0 Å². The van der Waals surface area contributed by atoms with E-state index in [0.29, 0.717) is 5.71 Å². The predicted molar refractivity (Wildman–Crippen MR) is 70.1 cm³/mol. The van der Waals surface area contributed by atoms with Gasteiger partial charge in [0.25, 0.3) is 0 Å². The largest absolute Gasteiger partial charge is 0.455 e. The van der Waals surface area contributed by atoms with Crippen LogP contribution >= 0.6 is 0 Å². The molecule has 0 amide bonds. The van der Waals surface area contributed by atoms with Gasteiger partial charge in [0.1, 0.15) is 5.58 Å². The van der Waals surface area contributed by atoms with Crippen LogP contribution < -0.4 is 5.84 Å². The Kier molecular flexibility index (Phi) is 2.11. The molecular weight excluding hydrogens is 212 g/mol. The van der Waals surface area contributed by atoms with Gasteiger partial charge in [0, 0.05) is 5.39 Å². The topological polar surface area (TPSA) is 51.5 Å². The number of hydrogen-bond donors (Lipinski definition) is 1. The molecule has 0 aliphatic heterocycles. The molecule has 2 N–H and O–H groups in total. The van der Waals surface area contributed by atoms with E-state index in [1.165, 1.54) is 10.8 Å². The molecule has 0 bridgehead atoms. The van der Waals surface area contributed by atoms with Crippen LogP contribution in [0.1, 0.15) is 12.7 Å². The monoisotopic (exact) mass is 224 g/mol. The summed E-state index contributed by atoms with van der Waals surface area (Å²) < 4.78 is 5.72. The second kappa shape index (κ2) is 3.63. The highest BCUT2D eigenvalue weighted by atomic mass is 16.3. The van der Waals surface area contributed by atoms with Crippen LogP contribution in [0.25, 0.3) is 21.7 Å². The number of nitrogens with two attached hydrogens (primary N) is 1. The van der Waals surface area contributed by atoms with Gasteiger partial charge in [-0.05, 0) is 29.8 Å². The maximum atomic E-state index is 5.72. The zero-order valence-electron chi connectivity index (χ0n) is 9.47. The molecule has 0 aliphatic carbocycles. The minimum absolute atomic E-state index is 0.699. The first kappa shape index (κ1) is 9.90. The van der Waals surface area contributed by atoms with Crippen LogP contribution in [0.3, 0.4) is 0 Å². The van der Waals surface area contributed by atoms with Crippen LogP contribution in [0.15, 0.2) is 52.0 Å². The predicted octanol–water partition coefficient (Wildman–Crippen LogP) is 3.27. The molecule has 1 aromatic heterocycles. The van der Waals surface area contributed by atoms with Crippen molar-refractivity contribution in [3.8, 4) is 0 Å². The third-order valence-corrected chi connectivity index (χ3v) is 2.98. The minimum Gasteiger partial charge on any atom is -0.455 e. The van der Waals surface area contributed by atoms with Crippen LogP contribution in [0.4, 0.5) is 0 Å². The second-order valence-corrected chi connectivity index (χ2v) is 4.02. The second-order valence-electron chi connectivity index (χ2n) is 4.02. The Morgan fingerprint density at radius 2 is 1.94 bits per heavy atom. The third kappa shape index (κ3) is 1.47. The summed E-state index contributed by atoms with van der Waals surface area (Å²) in [6.45, 7) is 1.83. The molecule has 1 heterocycles. The Labute approximate surface area is 98.5 Å². The van der Waals surface area contributed by atoms with Crippen molar-refractivity contribution in [2.75, 3.05) is 0 Å². The Morgan fingerprint density at radius 1 is 1.12 bits per heavy atom. The molecule has 0 atom stereocenters. The van der Waals surface area contributed by atoms with Crippen molar-refractivity contribution in [2.45, 2.75) is 6.92 Å². The summed E-state index contributed by atoms with van der Waals surface area (Å²) in [5.74, 6) is 5.99. The van der Waals surface area contributed by atoms with Gasteiger partial charge in [-0.15, -0.1) is 0 Å². The van der Waals surface area contributed by atoms with Crippen molar-refractivity contribution in [1.82, 2.24) is 0 Å². The SMILES string of the molecule is C/C(=N/N)c1cc2c(ccc3ccccc32)o1. The first-order chi connectivity index (χ1) is 8.29. The molecule has 0 saturated heterocycles. The summed E-state index contributed by atoms with van der Waals surface area (Å²) in [7, 11) is 0. The molecule has 0 aliphatic rings. The first-order valence-electron chi connectivity index (χ1n) is 5.46. The molecule has 17 heavy (non-hydrogen) atoms. The van der Waals surface area contributed by atoms with Crippen LogP contribution in [0.2, 0.25) is 0 Å². The minimum atomic E-state index is 0.699. The molecule has 0 fully saturated rings. The van der Waals surface area contributed by atoms with Gasteiger partial charge in [-0.2, -0.15) is 5.10 Å². The van der Waals surface area contributed by atoms with E-state index < -0.39 is 0 Å². The molecular formula is C14H12N2O. The summed E-state index contributed by atoms with van der Waals surface area (Å²) in [6.07, 6.45) is 0. The molecule has 84 valence electrons. The number of furan rings is 1. The Balaban J connectivity index is 2.39. The van der Waals surface area contributed by atoms with E-state index in [0.717, 1.165) is 16.7 Å². The zero-order valence-corrected chi connectivity index (χ0v) is 9.47. The molecule has 0 saturated carbocycles. The molecule has 0 unspecified atom stereocenters. The van der Waals surface area contributed by atoms with Gasteiger partial charge in [-0.1, -0.05) is 30.3 Å². The molecule has 0 radical (unpaired) electrons. The summed E-state index contributed by atoms with van der Waals surface area (Å²) in [6, 6.07) is 14.3. The lowest BCUT2D eigenvalue weighted by molar-refractivity contribution is 0.604. The van der Waals surface area contributed by atoms with Gasteiger partial charge in [-0.3, -0.25) is 0 Å². The Morgan fingerprint density at radius 3 is 2.76 bits per heavy atom. The van der Waals surface area contributed by atoms with Crippen molar-refractivity contribution >= 4 is 27.5 Å². The van der Waals surface area contributed by atoms with Crippen molar-refractivity contribution < 1.29 is 4.42 Å². The normalized spacial score (nSPS) is 12.4. The molecule has 3 heteroatoms. The third-order valence-electron chi connectivity index (χ3n) is 2.98. The van der Waals surface area contributed by atoms with Gasteiger partial charge in [-0.25, -0.2) is 0 Å². The first-order valence-corrected chi connectivity index (χ1v) is 5.46. The maximum Gasteiger partial charge on any atom is 0.151 e. The number of benzene rings is 2. The standard InChI is InChI=1S/C14H12N2O/c1-9(16-15)14-8-12-11-5-3-2-4-10(11)6-7-13(12)17-14/h2-8H,15H2,1H3/b16-9-. The number of hydrogen-bond acceptors (Lipinski definition) is 3. The fourth-order valence-corrected chi connectivity index (χ4v) is 2.03. The van der Waals surface area contributed by atoms with E-state index in [2.05, 4.69) is 23.3 Å². The van der Waals surface area contributed by atoms with Crippen LogP contribution in [0.5, 0.6) is 0 Å². The van der Waals surface area contributed by atoms with E-state index in [1.807, 2.05) is 31.2 Å². The molecule has 0 spiro atoms. The fraction of sp³-hybridized carbons (Fsp3) is 0.0714. The lowest BCUT2D eigenvalue weighted by Gasteiger charge is -1.96. The van der Waals surface area contributed by atoms with E-state index in [4.69, 9.17) is 10.3 Å². The zero-order chi connectivity index (χ0) is 11.8. The van der Waals surface area contributed by atoms with Crippen LogP contribution in [0, 0.1) is 0 Å². The van der Waals surface area contributed by atoms with Crippen LogP contribution in [-0.4, -0.2) is 5.71 Å². The summed E-state index contributed by atoms with van der Waals surface area (Å²) in [5, 5.41) is 7.14. The summed E-state index contributed by atoms with van der Waals surface area (Å²) >= 11 is 0. The number of fused-ring (bicyclic) bond motifs is 3. The summed E-state index contributed by atoms with van der Waals surface area (Å²) in [4.78, 5) is 0. The van der Waals surface area contributed by atoms with Crippen molar-refractivity contribution in [3.05, 3.63) is 48.2 Å². The van der Waals surface area contributed by atoms with Crippen molar-refractivity contribution in [1.29, 1.82) is 0 Å². The highest BCUT2D eigenvalue weighted by molar-refractivity contribution is 6.09. The summed E-state index contributed by atoms with van der Waals surface area (Å²) in [5.41, 5.74) is 1.56. The number of hydrazone groups is 1. The Hall–Kier alpha value is -2.29. The smallest absolute Gasteiger partial charge is 0.151 e.